The zero-order valence-corrected chi connectivity index (χ0v) is 23.0. The summed E-state index contributed by atoms with van der Waals surface area (Å²) in [5.74, 6) is 0.363. The molecule has 35 heavy (non-hydrogen) atoms. The molecular formula is C25H38N4O4SSi. The average molecular weight is 519 g/mol. The lowest BCUT2D eigenvalue weighted by Gasteiger charge is -2.18. The van der Waals surface area contributed by atoms with E-state index in [4.69, 9.17) is 9.47 Å². The molecule has 1 aliphatic heterocycles. The average Bonchev–Trinajstić information content (AvgIpc) is 3.57. The second-order valence-electron chi connectivity index (χ2n) is 11.3. The van der Waals surface area contributed by atoms with Crippen LogP contribution in [0.4, 0.5) is 11.6 Å². The van der Waals surface area contributed by atoms with Crippen LogP contribution in [0.25, 0.3) is 0 Å². The number of aryl methyl sites for hydroxylation is 2. The first-order valence-corrected chi connectivity index (χ1v) is 18.4. The molecule has 10 heteroatoms. The van der Waals surface area contributed by atoms with Gasteiger partial charge in [-0.15, -0.1) is 5.10 Å². The highest BCUT2D eigenvalue weighted by Crippen LogP contribution is 2.39. The third-order valence-electron chi connectivity index (χ3n) is 7.28. The number of benzene rings is 1. The maximum atomic E-state index is 13.2. The topological polar surface area (TPSA) is 95.3 Å². The SMILES string of the molecule is C[Si](C)(C)CCOCn1nc(S(=O)(=O)CC2CCCO2)nc1Nc1c2c(cc3c1CCC3)CCC2. The van der Waals surface area contributed by atoms with Crippen molar-refractivity contribution in [1.82, 2.24) is 14.8 Å². The number of aromatic nitrogens is 3. The van der Waals surface area contributed by atoms with Crippen LogP contribution in [-0.4, -0.2) is 56.3 Å². The van der Waals surface area contributed by atoms with Crippen LogP contribution in [0.5, 0.6) is 0 Å². The zero-order valence-electron chi connectivity index (χ0n) is 21.2. The predicted molar refractivity (Wildman–Crippen MR) is 139 cm³/mol. The Labute approximate surface area is 209 Å². The lowest BCUT2D eigenvalue weighted by molar-refractivity contribution is 0.0792. The Balaban J connectivity index is 1.44. The Morgan fingerprint density at radius 3 is 2.46 bits per heavy atom. The van der Waals surface area contributed by atoms with Gasteiger partial charge in [-0.1, -0.05) is 25.7 Å². The molecule has 8 nitrogen and oxygen atoms in total. The highest BCUT2D eigenvalue weighted by Gasteiger charge is 2.30. The molecule has 3 aliphatic rings. The van der Waals surface area contributed by atoms with E-state index in [0.29, 0.717) is 19.2 Å². The van der Waals surface area contributed by atoms with Crippen LogP contribution in [0.3, 0.4) is 0 Å². The van der Waals surface area contributed by atoms with Gasteiger partial charge in [0.05, 0.1) is 11.9 Å². The molecule has 1 atom stereocenters. The quantitative estimate of drug-likeness (QED) is 0.371. The van der Waals surface area contributed by atoms with Gasteiger partial charge in [-0.05, 0) is 79.7 Å². The largest absolute Gasteiger partial charge is 0.377 e. The Hall–Kier alpha value is -1.75. The second-order valence-corrected chi connectivity index (χ2v) is 18.9. The van der Waals surface area contributed by atoms with Crippen LogP contribution in [0.15, 0.2) is 11.2 Å². The number of fused-ring (bicyclic) bond motifs is 2. The maximum Gasteiger partial charge on any atom is 0.268 e. The van der Waals surface area contributed by atoms with Gasteiger partial charge in [-0.3, -0.25) is 0 Å². The Morgan fingerprint density at radius 1 is 1.11 bits per heavy atom. The molecule has 1 unspecified atom stereocenters. The van der Waals surface area contributed by atoms with E-state index >= 15 is 0 Å². The Kier molecular flexibility index (Phi) is 7.09. The molecule has 2 aromatic rings. The van der Waals surface area contributed by atoms with E-state index in [0.717, 1.165) is 63.1 Å². The van der Waals surface area contributed by atoms with Gasteiger partial charge in [0.1, 0.15) is 6.73 Å². The predicted octanol–water partition coefficient (Wildman–Crippen LogP) is 4.26. The van der Waals surface area contributed by atoms with Crippen LogP contribution < -0.4 is 5.32 Å². The van der Waals surface area contributed by atoms with Crippen molar-refractivity contribution in [2.45, 2.75) is 95.0 Å². The number of hydrogen-bond acceptors (Lipinski definition) is 7. The summed E-state index contributed by atoms with van der Waals surface area (Å²) < 4.78 is 39.4. The molecule has 0 bridgehead atoms. The molecule has 1 aromatic heterocycles. The molecule has 1 fully saturated rings. The highest BCUT2D eigenvalue weighted by molar-refractivity contribution is 7.91. The van der Waals surface area contributed by atoms with Crippen molar-refractivity contribution in [1.29, 1.82) is 0 Å². The van der Waals surface area contributed by atoms with E-state index in [1.807, 2.05) is 0 Å². The molecule has 0 spiro atoms. The van der Waals surface area contributed by atoms with Crippen molar-refractivity contribution in [3.63, 3.8) is 0 Å². The number of anilines is 2. The smallest absolute Gasteiger partial charge is 0.268 e. The number of rotatable bonds is 10. The van der Waals surface area contributed by atoms with Crippen LogP contribution in [-0.2, 0) is 51.7 Å². The number of nitrogens with one attached hydrogen (secondary N) is 1. The fraction of sp³-hybridized carbons (Fsp3) is 0.680. The number of ether oxygens (including phenoxy) is 2. The molecule has 5 rings (SSSR count). The molecule has 1 N–H and O–H groups in total. The van der Waals surface area contributed by atoms with Gasteiger partial charge in [-0.2, -0.15) is 4.98 Å². The van der Waals surface area contributed by atoms with Crippen LogP contribution in [0, 0.1) is 0 Å². The first kappa shape index (κ1) is 24.9. The highest BCUT2D eigenvalue weighted by atomic mass is 32.2. The van der Waals surface area contributed by atoms with Crippen LogP contribution in [0.2, 0.25) is 25.7 Å². The third kappa shape index (κ3) is 5.65. The molecule has 1 aromatic carbocycles. The summed E-state index contributed by atoms with van der Waals surface area (Å²) in [4.78, 5) is 4.52. The van der Waals surface area contributed by atoms with Crippen LogP contribution in [0.1, 0.15) is 47.9 Å². The van der Waals surface area contributed by atoms with E-state index < -0.39 is 17.9 Å². The van der Waals surface area contributed by atoms with Crippen LogP contribution >= 0.6 is 0 Å². The fourth-order valence-corrected chi connectivity index (χ4v) is 7.45. The van der Waals surface area contributed by atoms with Gasteiger partial charge >= 0.3 is 0 Å². The summed E-state index contributed by atoms with van der Waals surface area (Å²) in [6.45, 7) is 8.35. The van der Waals surface area contributed by atoms with Gasteiger partial charge in [-0.25, -0.2) is 13.1 Å². The summed E-state index contributed by atoms with van der Waals surface area (Å²) in [6.07, 6.45) is 7.96. The lowest BCUT2D eigenvalue weighted by atomic mass is 9.99. The van der Waals surface area contributed by atoms with E-state index in [-0.39, 0.29) is 23.7 Å². The molecule has 2 heterocycles. The van der Waals surface area contributed by atoms with E-state index in [2.05, 4.69) is 41.1 Å². The number of sulfone groups is 1. The first-order chi connectivity index (χ1) is 16.7. The standard InChI is InChI=1S/C25H38N4O4SSi/c1-35(2,3)14-13-32-17-29-24(27-25(28-29)34(30,31)16-20-9-6-12-33-20)26-23-21-10-4-7-18(21)15-19-8-5-11-22(19)23/h15,20H,4-14,16-17H2,1-3H3,(H,26,27,28). The summed E-state index contributed by atoms with van der Waals surface area (Å²) in [7, 11) is -4.91. The van der Waals surface area contributed by atoms with E-state index in [1.165, 1.54) is 22.3 Å². The number of nitrogens with zero attached hydrogens (tertiary/aromatic N) is 3. The minimum atomic E-state index is -3.67. The summed E-state index contributed by atoms with van der Waals surface area (Å²) in [5, 5.41) is 7.82. The molecule has 192 valence electrons. The van der Waals surface area contributed by atoms with Gasteiger partial charge in [0.25, 0.3) is 5.16 Å². The molecule has 0 amide bonds. The molecule has 0 radical (unpaired) electrons. The monoisotopic (exact) mass is 518 g/mol. The van der Waals surface area contributed by atoms with Crippen molar-refractivity contribution >= 4 is 29.5 Å². The fourth-order valence-electron chi connectivity index (χ4n) is 5.34. The first-order valence-electron chi connectivity index (χ1n) is 13.0. The van der Waals surface area contributed by atoms with Crippen molar-refractivity contribution in [2.24, 2.45) is 0 Å². The summed E-state index contributed by atoms with van der Waals surface area (Å²) >= 11 is 0. The molecule has 1 saturated heterocycles. The second kappa shape index (κ2) is 9.95. The Bertz CT molecular complexity index is 1150. The van der Waals surface area contributed by atoms with Gasteiger partial charge in [0, 0.05) is 27.0 Å². The lowest BCUT2D eigenvalue weighted by Crippen LogP contribution is -2.22. The normalized spacial score (nSPS) is 19.8. The molecule has 2 aliphatic carbocycles. The minimum Gasteiger partial charge on any atom is -0.377 e. The zero-order chi connectivity index (χ0) is 24.6. The van der Waals surface area contributed by atoms with Crippen molar-refractivity contribution in [3.05, 3.63) is 28.3 Å². The van der Waals surface area contributed by atoms with E-state index in [1.54, 1.807) is 4.68 Å². The minimum absolute atomic E-state index is 0.0803. The van der Waals surface area contributed by atoms with Gasteiger partial charge in [0.2, 0.25) is 15.8 Å². The third-order valence-corrected chi connectivity index (χ3v) is 10.5. The number of hydrogen-bond donors (Lipinski definition) is 1. The molecular weight excluding hydrogens is 480 g/mol. The molecule has 0 saturated carbocycles. The summed E-state index contributed by atoms with van der Waals surface area (Å²) in [5.41, 5.74) is 6.65. The summed E-state index contributed by atoms with van der Waals surface area (Å²) in [6, 6.07) is 3.42. The van der Waals surface area contributed by atoms with E-state index in [9.17, 15) is 8.42 Å². The van der Waals surface area contributed by atoms with Crippen molar-refractivity contribution < 1.29 is 17.9 Å². The van der Waals surface area contributed by atoms with Crippen molar-refractivity contribution in [2.75, 3.05) is 24.3 Å². The van der Waals surface area contributed by atoms with Gasteiger partial charge in [0.15, 0.2) is 0 Å². The maximum absolute atomic E-state index is 13.2. The Morgan fingerprint density at radius 2 is 1.83 bits per heavy atom. The van der Waals surface area contributed by atoms with Crippen molar-refractivity contribution in [3.8, 4) is 0 Å². The van der Waals surface area contributed by atoms with Gasteiger partial charge < -0.3 is 14.8 Å².